The van der Waals surface area contributed by atoms with Gasteiger partial charge in [0, 0.05) is 6.54 Å². The van der Waals surface area contributed by atoms with Gasteiger partial charge in [-0.15, -0.1) is 0 Å². The molecular weight excluding hydrogens is 317 g/mol. The van der Waals surface area contributed by atoms with Crippen molar-refractivity contribution in [1.82, 2.24) is 5.32 Å². The van der Waals surface area contributed by atoms with Crippen molar-refractivity contribution in [2.45, 2.75) is 70.9 Å². The molecule has 25 heavy (non-hydrogen) atoms. The molecule has 4 unspecified atom stereocenters. The number of aliphatic hydroxyl groups is 1. The first-order chi connectivity index (χ1) is 11.8. The first-order valence-electron chi connectivity index (χ1n) is 9.53. The predicted molar refractivity (Wildman–Crippen MR) is 94.3 cm³/mol. The van der Waals surface area contributed by atoms with Crippen molar-refractivity contribution in [3.63, 3.8) is 0 Å². The van der Waals surface area contributed by atoms with Crippen LogP contribution in [0.2, 0.25) is 0 Å². The van der Waals surface area contributed by atoms with E-state index >= 15 is 0 Å². The highest BCUT2D eigenvalue weighted by Crippen LogP contribution is 2.67. The van der Waals surface area contributed by atoms with Crippen molar-refractivity contribution in [2.24, 2.45) is 16.7 Å². The van der Waals surface area contributed by atoms with Crippen LogP contribution in [0, 0.1) is 29.5 Å². The van der Waals surface area contributed by atoms with E-state index < -0.39 is 11.0 Å². The third-order valence-corrected chi connectivity index (χ3v) is 7.06. The maximum absolute atomic E-state index is 13.4. The Labute approximate surface area is 149 Å². The van der Waals surface area contributed by atoms with Crippen molar-refractivity contribution >= 4 is 5.91 Å². The third-order valence-electron chi connectivity index (χ3n) is 7.06. The van der Waals surface area contributed by atoms with Crippen LogP contribution >= 0.6 is 0 Å². The second kappa shape index (κ2) is 5.54. The molecule has 4 aliphatic carbocycles. The second-order valence-electron chi connectivity index (χ2n) is 9.13. The molecule has 0 spiro atoms. The molecular formula is C21H28FNO2. The van der Waals surface area contributed by atoms with Gasteiger partial charge in [-0.2, -0.15) is 0 Å². The average Bonchev–Trinajstić information content (AvgIpc) is 2.53. The summed E-state index contributed by atoms with van der Waals surface area (Å²) < 4.78 is 13.4. The number of benzene rings is 1. The Morgan fingerprint density at radius 3 is 2.76 bits per heavy atom. The van der Waals surface area contributed by atoms with E-state index in [4.69, 9.17) is 0 Å². The number of hydrogen-bond donors (Lipinski definition) is 2. The second-order valence-corrected chi connectivity index (χ2v) is 9.13. The summed E-state index contributed by atoms with van der Waals surface area (Å²) >= 11 is 0. The molecule has 0 aromatic heterocycles. The summed E-state index contributed by atoms with van der Waals surface area (Å²) in [6.07, 6.45) is 6.34. The van der Waals surface area contributed by atoms with Gasteiger partial charge in [-0.1, -0.05) is 25.5 Å². The van der Waals surface area contributed by atoms with Gasteiger partial charge >= 0.3 is 0 Å². The number of rotatable bonds is 4. The molecule has 1 amide bonds. The van der Waals surface area contributed by atoms with Crippen LogP contribution in [0.4, 0.5) is 4.39 Å². The summed E-state index contributed by atoms with van der Waals surface area (Å²) in [4.78, 5) is 13.1. The molecule has 3 nitrogen and oxygen atoms in total. The highest BCUT2D eigenvalue weighted by molar-refractivity contribution is 5.83. The molecule has 4 aliphatic rings. The van der Waals surface area contributed by atoms with E-state index in [2.05, 4.69) is 12.2 Å². The van der Waals surface area contributed by atoms with Crippen LogP contribution < -0.4 is 5.32 Å². The van der Waals surface area contributed by atoms with Gasteiger partial charge in [-0.25, -0.2) is 4.39 Å². The largest absolute Gasteiger partial charge is 0.390 e. The summed E-state index contributed by atoms with van der Waals surface area (Å²) in [6.45, 7) is 4.35. The summed E-state index contributed by atoms with van der Waals surface area (Å²) in [7, 11) is 0. The van der Waals surface area contributed by atoms with Gasteiger partial charge in [0.25, 0.3) is 0 Å². The number of halogens is 1. The lowest BCUT2D eigenvalue weighted by molar-refractivity contribution is -0.204. The lowest BCUT2D eigenvalue weighted by atomic mass is 9.42. The van der Waals surface area contributed by atoms with E-state index in [9.17, 15) is 14.3 Å². The number of carbonyl (C=O) groups is 1. The Bertz CT molecular complexity index is 720. The molecule has 0 radical (unpaired) electrons. The van der Waals surface area contributed by atoms with Crippen molar-refractivity contribution < 1.29 is 14.3 Å². The summed E-state index contributed by atoms with van der Waals surface area (Å²) in [6, 6.07) is 4.97. The topological polar surface area (TPSA) is 49.3 Å². The number of nitrogens with one attached hydrogen (secondary N) is 1. The van der Waals surface area contributed by atoms with Crippen molar-refractivity contribution in [3.05, 3.63) is 35.1 Å². The molecule has 0 heterocycles. The minimum absolute atomic E-state index is 0.0785. The standard InChI is InChI=1S/C21H28FNO2/c1-3-19-7-16-8-20(11-19,13-21(25,9-16)12-19)18(24)23-10-15-4-5-17(22)14(2)6-15/h4-6,16,25H,3,7-13H2,1-2H3,(H,23,24). The van der Waals surface area contributed by atoms with Gasteiger partial charge in [-0.3, -0.25) is 4.79 Å². The molecule has 4 atom stereocenters. The van der Waals surface area contributed by atoms with E-state index in [1.54, 1.807) is 19.1 Å². The summed E-state index contributed by atoms with van der Waals surface area (Å²) in [5.74, 6) is 0.332. The zero-order chi connectivity index (χ0) is 17.9. The Hall–Kier alpha value is -1.42. The molecule has 0 aliphatic heterocycles. The Balaban J connectivity index is 1.52. The zero-order valence-corrected chi connectivity index (χ0v) is 15.2. The Morgan fingerprint density at radius 2 is 2.08 bits per heavy atom. The predicted octanol–water partition coefficient (Wildman–Crippen LogP) is 3.86. The van der Waals surface area contributed by atoms with Crippen molar-refractivity contribution in [2.75, 3.05) is 0 Å². The number of hydrogen-bond acceptors (Lipinski definition) is 2. The third kappa shape index (κ3) is 2.79. The fourth-order valence-electron chi connectivity index (χ4n) is 6.42. The number of carbonyl (C=O) groups excluding carboxylic acids is 1. The molecule has 5 rings (SSSR count). The van der Waals surface area contributed by atoms with Crippen LogP contribution in [0.5, 0.6) is 0 Å². The molecule has 2 N–H and O–H groups in total. The molecule has 1 aromatic rings. The fraction of sp³-hybridized carbons (Fsp3) is 0.667. The average molecular weight is 345 g/mol. The molecule has 4 bridgehead atoms. The Kier molecular flexibility index (Phi) is 3.77. The van der Waals surface area contributed by atoms with Crippen LogP contribution in [-0.2, 0) is 11.3 Å². The van der Waals surface area contributed by atoms with Crippen LogP contribution in [0.1, 0.15) is 63.0 Å². The van der Waals surface area contributed by atoms with Gasteiger partial charge in [0.1, 0.15) is 5.82 Å². The zero-order valence-electron chi connectivity index (χ0n) is 15.2. The minimum atomic E-state index is -0.654. The summed E-state index contributed by atoms with van der Waals surface area (Å²) in [5, 5.41) is 14.1. The monoisotopic (exact) mass is 345 g/mol. The van der Waals surface area contributed by atoms with Crippen molar-refractivity contribution in [3.8, 4) is 0 Å². The van der Waals surface area contributed by atoms with Crippen LogP contribution in [0.3, 0.4) is 0 Å². The highest BCUT2D eigenvalue weighted by atomic mass is 19.1. The van der Waals surface area contributed by atoms with E-state index in [-0.39, 0.29) is 17.1 Å². The van der Waals surface area contributed by atoms with E-state index in [0.717, 1.165) is 44.1 Å². The van der Waals surface area contributed by atoms with Gasteiger partial charge in [0.2, 0.25) is 5.91 Å². The highest BCUT2D eigenvalue weighted by Gasteiger charge is 2.64. The van der Waals surface area contributed by atoms with Crippen LogP contribution in [0.15, 0.2) is 18.2 Å². The molecule has 4 heteroatoms. The molecule has 4 saturated carbocycles. The number of aryl methyl sites for hydroxylation is 1. The van der Waals surface area contributed by atoms with Gasteiger partial charge in [0.05, 0.1) is 11.0 Å². The van der Waals surface area contributed by atoms with E-state index in [1.165, 1.54) is 6.07 Å². The van der Waals surface area contributed by atoms with Gasteiger partial charge < -0.3 is 10.4 Å². The van der Waals surface area contributed by atoms with Crippen LogP contribution in [0.25, 0.3) is 0 Å². The molecule has 1 aromatic carbocycles. The summed E-state index contributed by atoms with van der Waals surface area (Å²) in [5.41, 5.74) is 0.581. The van der Waals surface area contributed by atoms with E-state index in [1.807, 2.05) is 0 Å². The van der Waals surface area contributed by atoms with Crippen molar-refractivity contribution in [1.29, 1.82) is 0 Å². The fourth-order valence-corrected chi connectivity index (χ4v) is 6.42. The lowest BCUT2D eigenvalue weighted by Crippen LogP contribution is -2.63. The van der Waals surface area contributed by atoms with E-state index in [0.29, 0.717) is 24.4 Å². The maximum atomic E-state index is 13.4. The quantitative estimate of drug-likeness (QED) is 0.870. The minimum Gasteiger partial charge on any atom is -0.390 e. The SMILES string of the molecule is CCC12CC3CC(O)(C1)CC(C(=O)NCc1ccc(F)c(C)c1)(C3)C2. The first kappa shape index (κ1) is 17.0. The van der Waals surface area contributed by atoms with Crippen LogP contribution in [-0.4, -0.2) is 16.6 Å². The smallest absolute Gasteiger partial charge is 0.226 e. The van der Waals surface area contributed by atoms with Gasteiger partial charge in [0.15, 0.2) is 0 Å². The number of amides is 1. The Morgan fingerprint density at radius 1 is 1.28 bits per heavy atom. The molecule has 0 saturated heterocycles. The lowest BCUT2D eigenvalue weighted by Gasteiger charge is -2.64. The first-order valence-corrected chi connectivity index (χ1v) is 9.53. The van der Waals surface area contributed by atoms with Gasteiger partial charge in [-0.05, 0) is 74.0 Å². The normalized spacial score (nSPS) is 38.8. The molecule has 4 fully saturated rings. The maximum Gasteiger partial charge on any atom is 0.226 e. The molecule has 136 valence electrons.